The van der Waals surface area contributed by atoms with Crippen molar-refractivity contribution in [1.29, 1.82) is 0 Å². The fraction of sp³-hybridized carbons (Fsp3) is 0.423. The van der Waals surface area contributed by atoms with Gasteiger partial charge in [-0.05, 0) is 87.4 Å². The monoisotopic (exact) mass is 468 g/mol. The molecule has 2 atom stereocenters. The zero-order valence-electron chi connectivity index (χ0n) is 19.8. The Balaban J connectivity index is 1.65. The molecular formula is C26H32N2O6. The van der Waals surface area contributed by atoms with Crippen molar-refractivity contribution in [3.8, 4) is 5.75 Å². The van der Waals surface area contributed by atoms with Crippen LogP contribution in [0.5, 0.6) is 5.75 Å². The number of hydrogen-bond donors (Lipinski definition) is 4. The Morgan fingerprint density at radius 1 is 1.03 bits per heavy atom. The van der Waals surface area contributed by atoms with E-state index < -0.39 is 29.6 Å². The van der Waals surface area contributed by atoms with Crippen molar-refractivity contribution in [2.24, 2.45) is 0 Å². The standard InChI is InChI=1S/C26H32N2O6/c1-16-12-17(2)14-20(13-16)27-22(30)15-19-6-8-21(9-7-19)34-26(10-4-5-11-26)25(33)28-23(18(3)29)24(31)32/h6-9,12-14,18,23,29H,4-5,10-11,15H2,1-3H3,(H,27,30)(H,28,33)(H,31,32)/t18-,23+/m1/s1. The fourth-order valence-corrected chi connectivity index (χ4v) is 4.32. The summed E-state index contributed by atoms with van der Waals surface area (Å²) in [6.45, 7) is 5.27. The number of aliphatic carboxylic acids is 1. The molecule has 0 saturated heterocycles. The number of ether oxygens (including phenoxy) is 1. The summed E-state index contributed by atoms with van der Waals surface area (Å²) in [5, 5.41) is 24.3. The van der Waals surface area contributed by atoms with E-state index >= 15 is 0 Å². The first-order valence-corrected chi connectivity index (χ1v) is 11.5. The van der Waals surface area contributed by atoms with Gasteiger partial charge < -0.3 is 25.6 Å². The summed E-state index contributed by atoms with van der Waals surface area (Å²) in [7, 11) is 0. The van der Waals surface area contributed by atoms with Gasteiger partial charge in [0, 0.05) is 5.69 Å². The van der Waals surface area contributed by atoms with Crippen LogP contribution in [0.1, 0.15) is 49.3 Å². The third kappa shape index (κ3) is 6.35. The predicted octanol–water partition coefficient (Wildman–Crippen LogP) is 3.13. The van der Waals surface area contributed by atoms with Crippen molar-refractivity contribution in [2.45, 2.75) is 70.6 Å². The van der Waals surface area contributed by atoms with E-state index in [1.54, 1.807) is 24.3 Å². The summed E-state index contributed by atoms with van der Waals surface area (Å²) in [6.07, 6.45) is 1.39. The molecule has 0 spiro atoms. The van der Waals surface area contributed by atoms with Gasteiger partial charge in [-0.2, -0.15) is 0 Å². The van der Waals surface area contributed by atoms with Gasteiger partial charge in [-0.1, -0.05) is 18.2 Å². The predicted molar refractivity (Wildman–Crippen MR) is 128 cm³/mol. The third-order valence-electron chi connectivity index (χ3n) is 5.97. The molecule has 0 unspecified atom stereocenters. The Kier molecular flexibility index (Phi) is 7.94. The molecule has 4 N–H and O–H groups in total. The number of carboxylic acids is 1. The molecule has 0 heterocycles. The van der Waals surface area contributed by atoms with Crippen LogP contribution in [0.3, 0.4) is 0 Å². The van der Waals surface area contributed by atoms with Crippen molar-refractivity contribution in [3.63, 3.8) is 0 Å². The van der Waals surface area contributed by atoms with Gasteiger partial charge >= 0.3 is 5.97 Å². The maximum Gasteiger partial charge on any atom is 0.328 e. The van der Waals surface area contributed by atoms with Gasteiger partial charge in [0.25, 0.3) is 5.91 Å². The molecule has 1 aliphatic carbocycles. The first kappa shape index (κ1) is 25.2. The summed E-state index contributed by atoms with van der Waals surface area (Å²) in [5.41, 5.74) is 2.51. The largest absolute Gasteiger partial charge is 0.480 e. The maximum absolute atomic E-state index is 13.0. The lowest BCUT2D eigenvalue weighted by Gasteiger charge is -2.31. The number of carbonyl (C=O) groups is 3. The topological polar surface area (TPSA) is 125 Å². The average Bonchev–Trinajstić information content (AvgIpc) is 3.21. The Hall–Kier alpha value is -3.39. The van der Waals surface area contributed by atoms with Gasteiger partial charge in [-0.15, -0.1) is 0 Å². The smallest absolute Gasteiger partial charge is 0.328 e. The van der Waals surface area contributed by atoms with Gasteiger partial charge in [0.05, 0.1) is 12.5 Å². The highest BCUT2D eigenvalue weighted by molar-refractivity contribution is 5.92. The lowest BCUT2D eigenvalue weighted by molar-refractivity contribution is -0.148. The minimum absolute atomic E-state index is 0.136. The number of aliphatic hydroxyl groups excluding tert-OH is 1. The molecule has 8 heteroatoms. The van der Waals surface area contributed by atoms with Crippen molar-refractivity contribution >= 4 is 23.5 Å². The van der Waals surface area contributed by atoms with Crippen molar-refractivity contribution in [3.05, 3.63) is 59.2 Å². The van der Waals surface area contributed by atoms with Crippen LogP contribution in [-0.4, -0.2) is 45.7 Å². The molecule has 2 aromatic rings. The normalized spacial score (nSPS) is 16.4. The summed E-state index contributed by atoms with van der Waals surface area (Å²) < 4.78 is 6.08. The molecule has 34 heavy (non-hydrogen) atoms. The number of amides is 2. The van der Waals surface area contributed by atoms with Gasteiger partial charge in [0.2, 0.25) is 5.91 Å². The summed E-state index contributed by atoms with van der Waals surface area (Å²) in [4.78, 5) is 36.8. The van der Waals surface area contributed by atoms with E-state index in [0.717, 1.165) is 35.2 Å². The number of benzene rings is 2. The number of aliphatic hydroxyl groups is 1. The van der Waals surface area contributed by atoms with Gasteiger partial charge in [0.15, 0.2) is 11.6 Å². The molecule has 0 radical (unpaired) electrons. The number of hydrogen-bond acceptors (Lipinski definition) is 5. The van der Waals surface area contributed by atoms with Gasteiger partial charge in [-0.3, -0.25) is 9.59 Å². The number of rotatable bonds is 9. The Bertz CT molecular complexity index is 1020. The molecule has 1 aliphatic rings. The number of nitrogens with one attached hydrogen (secondary N) is 2. The molecule has 2 amide bonds. The highest BCUT2D eigenvalue weighted by Gasteiger charge is 2.45. The molecular weight excluding hydrogens is 436 g/mol. The molecule has 2 aromatic carbocycles. The van der Waals surface area contributed by atoms with Crippen molar-refractivity contribution < 1.29 is 29.3 Å². The summed E-state index contributed by atoms with van der Waals surface area (Å²) in [5.74, 6) is -1.53. The van der Waals surface area contributed by atoms with Crippen LogP contribution in [0.4, 0.5) is 5.69 Å². The molecule has 3 rings (SSSR count). The van der Waals surface area contributed by atoms with E-state index in [0.29, 0.717) is 18.6 Å². The average molecular weight is 469 g/mol. The molecule has 1 fully saturated rings. The summed E-state index contributed by atoms with van der Waals surface area (Å²) in [6, 6.07) is 11.4. The number of anilines is 1. The van der Waals surface area contributed by atoms with E-state index in [1.165, 1.54) is 6.92 Å². The second-order valence-electron chi connectivity index (χ2n) is 9.08. The Labute approximate surface area is 199 Å². The van der Waals surface area contributed by atoms with E-state index in [2.05, 4.69) is 10.6 Å². The molecule has 182 valence electrons. The van der Waals surface area contributed by atoms with Gasteiger partial charge in [0.1, 0.15) is 5.75 Å². The Morgan fingerprint density at radius 2 is 1.62 bits per heavy atom. The van der Waals surface area contributed by atoms with Crippen LogP contribution in [0.25, 0.3) is 0 Å². The second kappa shape index (κ2) is 10.7. The molecule has 0 aromatic heterocycles. The van der Waals surface area contributed by atoms with Crippen molar-refractivity contribution in [1.82, 2.24) is 5.32 Å². The molecule has 0 aliphatic heterocycles. The third-order valence-corrected chi connectivity index (χ3v) is 5.97. The lowest BCUT2D eigenvalue weighted by Crippen LogP contribution is -2.56. The SMILES string of the molecule is Cc1cc(C)cc(NC(=O)Cc2ccc(OC3(C(=O)N[C@H](C(=O)O)[C@@H](C)O)CCCC3)cc2)c1. The first-order valence-electron chi connectivity index (χ1n) is 11.5. The van der Waals surface area contributed by atoms with E-state index in [4.69, 9.17) is 4.74 Å². The number of carboxylic acid groups (broad SMARTS) is 1. The molecule has 1 saturated carbocycles. The van der Waals surface area contributed by atoms with Gasteiger partial charge in [-0.25, -0.2) is 4.79 Å². The highest BCUT2D eigenvalue weighted by atomic mass is 16.5. The summed E-state index contributed by atoms with van der Waals surface area (Å²) >= 11 is 0. The van der Waals surface area contributed by atoms with Crippen LogP contribution < -0.4 is 15.4 Å². The number of aryl methyl sites for hydroxylation is 2. The first-order chi connectivity index (χ1) is 16.1. The molecule has 8 nitrogen and oxygen atoms in total. The van der Waals surface area contributed by atoms with Crippen LogP contribution >= 0.6 is 0 Å². The van der Waals surface area contributed by atoms with E-state index in [-0.39, 0.29) is 12.3 Å². The van der Waals surface area contributed by atoms with Crippen molar-refractivity contribution in [2.75, 3.05) is 5.32 Å². The van der Waals surface area contributed by atoms with E-state index in [9.17, 15) is 24.6 Å². The van der Waals surface area contributed by atoms with Crippen LogP contribution in [-0.2, 0) is 20.8 Å². The van der Waals surface area contributed by atoms with E-state index in [1.807, 2.05) is 32.0 Å². The quantitative estimate of drug-likeness (QED) is 0.448. The minimum atomic E-state index is -1.41. The van der Waals surface area contributed by atoms with Crippen LogP contribution in [0.2, 0.25) is 0 Å². The zero-order chi connectivity index (χ0) is 24.9. The second-order valence-corrected chi connectivity index (χ2v) is 9.08. The van der Waals surface area contributed by atoms with Crippen LogP contribution in [0.15, 0.2) is 42.5 Å². The highest BCUT2D eigenvalue weighted by Crippen LogP contribution is 2.35. The van der Waals surface area contributed by atoms with Crippen LogP contribution in [0, 0.1) is 13.8 Å². The zero-order valence-corrected chi connectivity index (χ0v) is 19.8. The number of carbonyl (C=O) groups excluding carboxylic acids is 2. The minimum Gasteiger partial charge on any atom is -0.480 e. The maximum atomic E-state index is 13.0. The molecule has 0 bridgehead atoms. The Morgan fingerprint density at radius 3 is 2.15 bits per heavy atom. The lowest BCUT2D eigenvalue weighted by atomic mass is 9.99. The fourth-order valence-electron chi connectivity index (χ4n) is 4.32.